The fourth-order valence-electron chi connectivity index (χ4n) is 3.21. The van der Waals surface area contributed by atoms with Gasteiger partial charge in [0.25, 0.3) is 0 Å². The van der Waals surface area contributed by atoms with E-state index in [0.29, 0.717) is 41.4 Å². The van der Waals surface area contributed by atoms with Crippen LogP contribution in [0.15, 0.2) is 18.2 Å². The van der Waals surface area contributed by atoms with Gasteiger partial charge in [-0.3, -0.25) is 4.79 Å². The zero-order chi connectivity index (χ0) is 21.8. The van der Waals surface area contributed by atoms with Gasteiger partial charge in [0.05, 0.1) is 15.7 Å². The molecule has 1 aromatic carbocycles. The van der Waals surface area contributed by atoms with Crippen molar-refractivity contribution in [2.24, 2.45) is 0 Å². The lowest BCUT2D eigenvalue weighted by atomic mass is 10.2. The van der Waals surface area contributed by atoms with Gasteiger partial charge in [0, 0.05) is 36.7 Å². The lowest BCUT2D eigenvalue weighted by Crippen LogP contribution is -2.54. The number of anilines is 2. The van der Waals surface area contributed by atoms with E-state index in [2.05, 4.69) is 20.5 Å². The predicted octanol–water partition coefficient (Wildman–Crippen LogP) is 4.18. The molecule has 0 bridgehead atoms. The number of aryl methyl sites for hydroxylation is 2. The summed E-state index contributed by atoms with van der Waals surface area (Å²) in [5, 5.41) is 7.15. The van der Waals surface area contributed by atoms with Crippen molar-refractivity contribution in [2.45, 2.75) is 33.2 Å². The average molecular weight is 470 g/mol. The van der Waals surface area contributed by atoms with E-state index in [9.17, 15) is 9.59 Å². The molecule has 0 radical (unpaired) electrons. The number of carbonyl (C=O) groups is 2. The van der Waals surface area contributed by atoms with Crippen molar-refractivity contribution in [3.05, 3.63) is 38.8 Å². The predicted molar refractivity (Wildman–Crippen MR) is 123 cm³/mol. The van der Waals surface area contributed by atoms with E-state index in [-0.39, 0.29) is 11.9 Å². The van der Waals surface area contributed by atoms with Gasteiger partial charge in [0.15, 0.2) is 5.13 Å². The van der Waals surface area contributed by atoms with Gasteiger partial charge in [-0.25, -0.2) is 9.78 Å². The Hall–Kier alpha value is -2.03. The van der Waals surface area contributed by atoms with E-state index in [1.807, 2.05) is 26.0 Å². The number of nitrogens with zero attached hydrogens (tertiary/aromatic N) is 3. The molecule has 2 N–H and O–H groups in total. The van der Waals surface area contributed by atoms with Crippen LogP contribution in [0.2, 0.25) is 10.0 Å². The van der Waals surface area contributed by atoms with Crippen molar-refractivity contribution in [1.82, 2.24) is 15.2 Å². The summed E-state index contributed by atoms with van der Waals surface area (Å²) < 4.78 is 0. The number of hydrogen-bond donors (Lipinski definition) is 2. The van der Waals surface area contributed by atoms with E-state index < -0.39 is 6.04 Å². The number of rotatable bonds is 5. The average Bonchev–Trinajstić information content (AvgIpc) is 3.09. The Morgan fingerprint density at radius 2 is 1.90 bits per heavy atom. The molecule has 1 atom stereocenters. The molecule has 1 fully saturated rings. The van der Waals surface area contributed by atoms with E-state index in [1.54, 1.807) is 17.9 Å². The van der Waals surface area contributed by atoms with Crippen LogP contribution in [0.5, 0.6) is 0 Å². The maximum absolute atomic E-state index is 12.6. The van der Waals surface area contributed by atoms with Crippen molar-refractivity contribution >= 4 is 57.3 Å². The van der Waals surface area contributed by atoms with Gasteiger partial charge in [-0.05, 0) is 38.5 Å². The van der Waals surface area contributed by atoms with Crippen LogP contribution in [0.1, 0.15) is 24.4 Å². The number of thiazole rings is 1. The van der Waals surface area contributed by atoms with E-state index in [4.69, 9.17) is 23.2 Å². The molecule has 1 saturated heterocycles. The van der Waals surface area contributed by atoms with E-state index in [0.717, 1.165) is 22.7 Å². The molecule has 2 heterocycles. The van der Waals surface area contributed by atoms with Crippen LogP contribution in [0, 0.1) is 6.92 Å². The largest absolute Gasteiger partial charge is 0.368 e. The number of amides is 3. The summed E-state index contributed by atoms with van der Waals surface area (Å²) in [6.07, 6.45) is 0.818. The molecule has 0 saturated carbocycles. The standard InChI is InChI=1S/C20H25Cl2N5O2S/c1-4-17-13(3)30-19(24-17)25-18(28)12(2)23-20(29)27-9-7-26(8-10-27)14-5-6-15(21)16(22)11-14/h5-6,11-12H,4,7-10H2,1-3H3,(H,23,29)(H,24,25,28). The summed E-state index contributed by atoms with van der Waals surface area (Å²) in [5.74, 6) is -0.283. The third-order valence-corrected chi connectivity index (χ3v) is 6.69. The number of halogens is 2. The molecule has 1 unspecified atom stereocenters. The molecule has 162 valence electrons. The molecular weight excluding hydrogens is 445 g/mol. The summed E-state index contributed by atoms with van der Waals surface area (Å²) in [6, 6.07) is 4.60. The number of hydrogen-bond acceptors (Lipinski definition) is 5. The van der Waals surface area contributed by atoms with Crippen molar-refractivity contribution in [3.63, 3.8) is 0 Å². The quantitative estimate of drug-likeness (QED) is 0.688. The first-order valence-electron chi connectivity index (χ1n) is 9.81. The van der Waals surface area contributed by atoms with Gasteiger partial charge < -0.3 is 20.4 Å². The van der Waals surface area contributed by atoms with Gasteiger partial charge in [-0.15, -0.1) is 11.3 Å². The molecule has 1 aliphatic heterocycles. The number of urea groups is 1. The molecule has 3 amide bonds. The van der Waals surface area contributed by atoms with Crippen molar-refractivity contribution < 1.29 is 9.59 Å². The molecule has 1 aliphatic rings. The third kappa shape index (κ3) is 5.36. The Bertz CT molecular complexity index is 928. The Kier molecular flexibility index (Phi) is 7.44. The normalized spacial score (nSPS) is 15.1. The molecule has 7 nitrogen and oxygen atoms in total. The smallest absolute Gasteiger partial charge is 0.318 e. The Morgan fingerprint density at radius 1 is 1.20 bits per heavy atom. The Morgan fingerprint density at radius 3 is 2.50 bits per heavy atom. The second kappa shape index (κ2) is 9.85. The molecule has 2 aromatic rings. The van der Waals surface area contributed by atoms with E-state index >= 15 is 0 Å². The highest BCUT2D eigenvalue weighted by Crippen LogP contribution is 2.28. The monoisotopic (exact) mass is 469 g/mol. The number of carbonyl (C=O) groups excluding carboxylic acids is 2. The van der Waals surface area contributed by atoms with E-state index in [1.165, 1.54) is 11.3 Å². The van der Waals surface area contributed by atoms with Crippen LogP contribution in [-0.4, -0.2) is 54.0 Å². The van der Waals surface area contributed by atoms with Crippen LogP contribution in [-0.2, 0) is 11.2 Å². The van der Waals surface area contributed by atoms with Crippen LogP contribution in [0.4, 0.5) is 15.6 Å². The second-order valence-electron chi connectivity index (χ2n) is 7.11. The maximum Gasteiger partial charge on any atom is 0.318 e. The van der Waals surface area contributed by atoms with Crippen LogP contribution < -0.4 is 15.5 Å². The lowest BCUT2D eigenvalue weighted by molar-refractivity contribution is -0.117. The van der Waals surface area contributed by atoms with Crippen molar-refractivity contribution in [3.8, 4) is 0 Å². The number of aromatic nitrogens is 1. The van der Waals surface area contributed by atoms with Gasteiger partial charge in [-0.2, -0.15) is 0 Å². The molecule has 30 heavy (non-hydrogen) atoms. The van der Waals surface area contributed by atoms with Gasteiger partial charge >= 0.3 is 6.03 Å². The number of benzene rings is 1. The SMILES string of the molecule is CCc1nc(NC(=O)C(C)NC(=O)N2CCN(c3ccc(Cl)c(Cl)c3)CC2)sc1C. The summed E-state index contributed by atoms with van der Waals surface area (Å²) in [7, 11) is 0. The first-order valence-corrected chi connectivity index (χ1v) is 11.4. The maximum atomic E-state index is 12.6. The molecule has 10 heteroatoms. The molecule has 1 aromatic heterocycles. The Balaban J connectivity index is 1.49. The lowest BCUT2D eigenvalue weighted by Gasteiger charge is -2.36. The number of nitrogens with one attached hydrogen (secondary N) is 2. The fraction of sp³-hybridized carbons (Fsp3) is 0.450. The zero-order valence-electron chi connectivity index (χ0n) is 17.2. The highest BCUT2D eigenvalue weighted by atomic mass is 35.5. The summed E-state index contributed by atoms with van der Waals surface area (Å²) in [6.45, 7) is 8.11. The highest BCUT2D eigenvalue weighted by molar-refractivity contribution is 7.15. The van der Waals surface area contributed by atoms with Gasteiger partial charge in [0.1, 0.15) is 6.04 Å². The summed E-state index contributed by atoms with van der Waals surface area (Å²) in [5.41, 5.74) is 1.95. The van der Waals surface area contributed by atoms with Gasteiger partial charge in [0.2, 0.25) is 5.91 Å². The third-order valence-electron chi connectivity index (χ3n) is 5.03. The number of piperazine rings is 1. The first kappa shape index (κ1) is 22.7. The highest BCUT2D eigenvalue weighted by Gasteiger charge is 2.25. The van der Waals surface area contributed by atoms with Crippen molar-refractivity contribution in [1.29, 1.82) is 0 Å². The topological polar surface area (TPSA) is 77.6 Å². The molecule has 0 spiro atoms. The minimum Gasteiger partial charge on any atom is -0.368 e. The van der Waals surface area contributed by atoms with Crippen molar-refractivity contribution in [2.75, 3.05) is 36.4 Å². The first-order chi connectivity index (χ1) is 14.3. The van der Waals surface area contributed by atoms with Crippen LogP contribution in [0.3, 0.4) is 0 Å². The molecule has 3 rings (SSSR count). The summed E-state index contributed by atoms with van der Waals surface area (Å²) in [4.78, 5) is 34.4. The van der Waals surface area contributed by atoms with Crippen LogP contribution >= 0.6 is 34.5 Å². The molecular formula is C20H25Cl2N5O2S. The Labute approximate surface area is 190 Å². The van der Waals surface area contributed by atoms with Crippen LogP contribution in [0.25, 0.3) is 0 Å². The van der Waals surface area contributed by atoms with Gasteiger partial charge in [-0.1, -0.05) is 30.1 Å². The second-order valence-corrected chi connectivity index (χ2v) is 9.13. The zero-order valence-corrected chi connectivity index (χ0v) is 19.5. The summed E-state index contributed by atoms with van der Waals surface area (Å²) >= 11 is 13.5. The fourth-order valence-corrected chi connectivity index (χ4v) is 4.41. The molecule has 0 aliphatic carbocycles. The minimum atomic E-state index is -0.667. The minimum absolute atomic E-state index is 0.254.